The fraction of sp³-hybridized carbons (Fsp3) is 0.320. The molecule has 1 saturated carbocycles. The number of hydrogen-bond acceptors (Lipinski definition) is 5. The standard InChI is InChI=1S/C25H27F2N5O/c1-2-14-6-7-19(26)23(24(14)27)20-4-3-5-21(31-20)25(33)32-22-13-30-9-8-18(22)15-10-16(28)12-17(29)11-15/h3-9,13,15-17H,2,10-12,28-29H2,1H3,(H,32,33)/t15?,16-,17+. The molecule has 6 nitrogen and oxygen atoms in total. The Balaban J connectivity index is 1.62. The molecule has 4 rings (SSSR count). The molecule has 5 N–H and O–H groups in total. The number of rotatable bonds is 5. The van der Waals surface area contributed by atoms with Crippen molar-refractivity contribution in [3.63, 3.8) is 0 Å². The van der Waals surface area contributed by atoms with Crippen molar-refractivity contribution < 1.29 is 13.6 Å². The highest BCUT2D eigenvalue weighted by atomic mass is 19.1. The zero-order valence-corrected chi connectivity index (χ0v) is 18.4. The zero-order valence-electron chi connectivity index (χ0n) is 18.4. The van der Waals surface area contributed by atoms with E-state index >= 15 is 0 Å². The largest absolute Gasteiger partial charge is 0.328 e. The van der Waals surface area contributed by atoms with Gasteiger partial charge in [0.25, 0.3) is 5.91 Å². The number of nitrogens with zero attached hydrogens (tertiary/aromatic N) is 2. The van der Waals surface area contributed by atoms with Gasteiger partial charge in [-0.1, -0.05) is 19.1 Å². The van der Waals surface area contributed by atoms with Gasteiger partial charge in [-0.05, 0) is 67.0 Å². The Morgan fingerprint density at radius 3 is 2.58 bits per heavy atom. The fourth-order valence-electron chi connectivity index (χ4n) is 4.52. The summed E-state index contributed by atoms with van der Waals surface area (Å²) in [6.07, 6.45) is 5.96. The van der Waals surface area contributed by atoms with E-state index in [9.17, 15) is 13.6 Å². The average Bonchev–Trinajstić information content (AvgIpc) is 2.79. The van der Waals surface area contributed by atoms with Gasteiger partial charge in [0.05, 0.1) is 23.1 Å². The van der Waals surface area contributed by atoms with Crippen molar-refractivity contribution in [2.75, 3.05) is 5.32 Å². The van der Waals surface area contributed by atoms with Crippen LogP contribution in [0.15, 0.2) is 48.8 Å². The number of amides is 1. The van der Waals surface area contributed by atoms with Crippen LogP contribution in [0.3, 0.4) is 0 Å². The summed E-state index contributed by atoms with van der Waals surface area (Å²) in [5, 5.41) is 2.85. The van der Waals surface area contributed by atoms with Crippen LogP contribution in [-0.4, -0.2) is 28.0 Å². The Morgan fingerprint density at radius 2 is 1.85 bits per heavy atom. The van der Waals surface area contributed by atoms with Crippen LogP contribution in [0.5, 0.6) is 0 Å². The average molecular weight is 452 g/mol. The lowest BCUT2D eigenvalue weighted by Crippen LogP contribution is -2.39. The number of aryl methyl sites for hydroxylation is 1. The van der Waals surface area contributed by atoms with Crippen molar-refractivity contribution in [2.45, 2.75) is 50.6 Å². The molecule has 1 unspecified atom stereocenters. The van der Waals surface area contributed by atoms with Gasteiger partial charge in [-0.15, -0.1) is 0 Å². The normalized spacial score (nSPS) is 20.5. The molecule has 0 bridgehead atoms. The molecule has 1 aliphatic carbocycles. The Morgan fingerprint density at radius 1 is 1.09 bits per heavy atom. The number of pyridine rings is 2. The maximum Gasteiger partial charge on any atom is 0.274 e. The maximum atomic E-state index is 14.8. The monoisotopic (exact) mass is 451 g/mol. The molecule has 0 spiro atoms. The molecule has 1 fully saturated rings. The summed E-state index contributed by atoms with van der Waals surface area (Å²) >= 11 is 0. The molecule has 1 aliphatic rings. The predicted octanol–water partition coefficient (Wildman–Crippen LogP) is 4.16. The number of carbonyl (C=O) groups is 1. The maximum absolute atomic E-state index is 14.8. The second kappa shape index (κ2) is 9.72. The van der Waals surface area contributed by atoms with Gasteiger partial charge in [0.1, 0.15) is 17.3 Å². The lowest BCUT2D eigenvalue weighted by molar-refractivity contribution is 0.102. The van der Waals surface area contributed by atoms with E-state index in [1.54, 1.807) is 25.4 Å². The van der Waals surface area contributed by atoms with Gasteiger partial charge in [-0.3, -0.25) is 9.78 Å². The van der Waals surface area contributed by atoms with Crippen molar-refractivity contribution in [1.29, 1.82) is 0 Å². The van der Waals surface area contributed by atoms with Crippen molar-refractivity contribution >= 4 is 11.6 Å². The van der Waals surface area contributed by atoms with E-state index in [2.05, 4.69) is 15.3 Å². The van der Waals surface area contributed by atoms with Crippen LogP contribution in [0.4, 0.5) is 14.5 Å². The van der Waals surface area contributed by atoms with Gasteiger partial charge in [0.15, 0.2) is 0 Å². The topological polar surface area (TPSA) is 107 Å². The molecule has 33 heavy (non-hydrogen) atoms. The van der Waals surface area contributed by atoms with E-state index in [-0.39, 0.29) is 35.0 Å². The first kappa shape index (κ1) is 22.9. The van der Waals surface area contributed by atoms with E-state index in [1.807, 2.05) is 6.07 Å². The Labute approximate surface area is 191 Å². The number of anilines is 1. The summed E-state index contributed by atoms with van der Waals surface area (Å²) in [4.78, 5) is 21.4. The van der Waals surface area contributed by atoms with E-state index in [1.165, 1.54) is 24.3 Å². The molecule has 3 atom stereocenters. The number of nitrogens with two attached hydrogens (primary N) is 2. The minimum absolute atomic E-state index is 0.00232. The third-order valence-corrected chi connectivity index (χ3v) is 6.11. The summed E-state index contributed by atoms with van der Waals surface area (Å²) < 4.78 is 29.3. The van der Waals surface area contributed by atoms with E-state index < -0.39 is 17.5 Å². The minimum Gasteiger partial charge on any atom is -0.328 e. The molecular formula is C25H27F2N5O. The van der Waals surface area contributed by atoms with Crippen LogP contribution in [0.1, 0.15) is 53.7 Å². The molecule has 2 aromatic heterocycles. The van der Waals surface area contributed by atoms with Crippen LogP contribution in [0, 0.1) is 11.6 Å². The third kappa shape index (κ3) is 4.91. The van der Waals surface area contributed by atoms with Crippen LogP contribution in [0.25, 0.3) is 11.3 Å². The van der Waals surface area contributed by atoms with Crippen LogP contribution < -0.4 is 16.8 Å². The second-order valence-electron chi connectivity index (χ2n) is 8.50. The summed E-state index contributed by atoms with van der Waals surface area (Å²) in [5.74, 6) is -1.79. The van der Waals surface area contributed by atoms with Crippen molar-refractivity contribution in [3.8, 4) is 11.3 Å². The quantitative estimate of drug-likeness (QED) is 0.540. The summed E-state index contributed by atoms with van der Waals surface area (Å²) in [7, 11) is 0. The van der Waals surface area contributed by atoms with E-state index in [4.69, 9.17) is 11.5 Å². The fourth-order valence-corrected chi connectivity index (χ4v) is 4.52. The smallest absolute Gasteiger partial charge is 0.274 e. The molecule has 8 heteroatoms. The highest BCUT2D eigenvalue weighted by Gasteiger charge is 2.28. The SMILES string of the molecule is CCc1ccc(F)c(-c2cccc(C(=O)Nc3cnccc3C3C[C@@H](N)C[C@@H](N)C3)n2)c1F. The minimum atomic E-state index is -0.728. The molecule has 1 aromatic carbocycles. The molecule has 0 aliphatic heterocycles. The number of benzene rings is 1. The molecule has 172 valence electrons. The number of hydrogen-bond donors (Lipinski definition) is 3. The Bertz CT molecular complexity index is 1160. The van der Waals surface area contributed by atoms with Crippen molar-refractivity contribution in [3.05, 3.63) is 77.2 Å². The van der Waals surface area contributed by atoms with E-state index in [0.29, 0.717) is 17.7 Å². The molecule has 2 heterocycles. The zero-order chi connectivity index (χ0) is 23.5. The first-order valence-electron chi connectivity index (χ1n) is 11.1. The van der Waals surface area contributed by atoms with Crippen LogP contribution in [-0.2, 0) is 6.42 Å². The number of aromatic nitrogens is 2. The third-order valence-electron chi connectivity index (χ3n) is 6.11. The highest BCUT2D eigenvalue weighted by Crippen LogP contribution is 2.35. The molecule has 0 saturated heterocycles. The van der Waals surface area contributed by atoms with Gasteiger partial charge in [0.2, 0.25) is 0 Å². The van der Waals surface area contributed by atoms with Crippen molar-refractivity contribution in [1.82, 2.24) is 9.97 Å². The van der Waals surface area contributed by atoms with Gasteiger partial charge in [-0.2, -0.15) is 0 Å². The van der Waals surface area contributed by atoms with Gasteiger partial charge >= 0.3 is 0 Å². The number of halogens is 2. The second-order valence-corrected chi connectivity index (χ2v) is 8.50. The summed E-state index contributed by atoms with van der Waals surface area (Å²) in [6, 6.07) is 9.02. The van der Waals surface area contributed by atoms with Gasteiger partial charge in [-0.25, -0.2) is 13.8 Å². The first-order valence-corrected chi connectivity index (χ1v) is 11.1. The number of nitrogens with one attached hydrogen (secondary N) is 1. The molecule has 1 amide bonds. The molecular weight excluding hydrogens is 424 g/mol. The summed E-state index contributed by atoms with van der Waals surface area (Å²) in [5.41, 5.74) is 14.0. The Hall–Kier alpha value is -3.23. The van der Waals surface area contributed by atoms with Gasteiger partial charge < -0.3 is 16.8 Å². The van der Waals surface area contributed by atoms with Crippen LogP contribution >= 0.6 is 0 Å². The van der Waals surface area contributed by atoms with E-state index in [0.717, 1.165) is 24.8 Å². The van der Waals surface area contributed by atoms with Gasteiger partial charge in [0, 0.05) is 18.3 Å². The predicted molar refractivity (Wildman–Crippen MR) is 124 cm³/mol. The van der Waals surface area contributed by atoms with Crippen LogP contribution in [0.2, 0.25) is 0 Å². The molecule has 3 aromatic rings. The molecule has 0 radical (unpaired) electrons. The lowest BCUT2D eigenvalue weighted by atomic mass is 9.79. The number of carbonyl (C=O) groups excluding carboxylic acids is 1. The first-order chi connectivity index (χ1) is 15.9. The van der Waals surface area contributed by atoms with Crippen molar-refractivity contribution in [2.24, 2.45) is 11.5 Å². The lowest BCUT2D eigenvalue weighted by Gasteiger charge is -2.32. The highest BCUT2D eigenvalue weighted by molar-refractivity contribution is 6.03. The summed E-state index contributed by atoms with van der Waals surface area (Å²) in [6.45, 7) is 1.79. The Kier molecular flexibility index (Phi) is 6.76.